The molecule has 0 aromatic heterocycles. The Kier molecular flexibility index (Phi) is 7.50. The van der Waals surface area contributed by atoms with Gasteiger partial charge in [0.15, 0.2) is 0 Å². The number of likely N-dealkylation sites (tertiary alicyclic amines) is 1. The second kappa shape index (κ2) is 10.9. The van der Waals surface area contributed by atoms with Gasteiger partial charge in [-0.2, -0.15) is 0 Å². The van der Waals surface area contributed by atoms with E-state index >= 15 is 0 Å². The van der Waals surface area contributed by atoms with Crippen LogP contribution in [0, 0.1) is 0 Å². The Morgan fingerprint density at radius 2 is 1.49 bits per heavy atom. The van der Waals surface area contributed by atoms with Gasteiger partial charge in [0.25, 0.3) is 0 Å². The Labute approximate surface area is 232 Å². The molecule has 2 heterocycles. The van der Waals surface area contributed by atoms with E-state index < -0.39 is 11.1 Å². The van der Waals surface area contributed by atoms with Crippen LogP contribution in [0.1, 0.15) is 68.7 Å². The number of hydrogen-bond acceptors (Lipinski definition) is 4. The van der Waals surface area contributed by atoms with Gasteiger partial charge in [0.1, 0.15) is 11.1 Å². The van der Waals surface area contributed by atoms with E-state index in [1.54, 1.807) is 0 Å². The van der Waals surface area contributed by atoms with Crippen LogP contribution in [-0.4, -0.2) is 40.5 Å². The fraction of sp³-hybridized carbons (Fsp3) is 0.394. The summed E-state index contributed by atoms with van der Waals surface area (Å²) in [5.74, 6) is 0.420. The first-order valence-electron chi connectivity index (χ1n) is 13.9. The maximum atomic E-state index is 13.5. The van der Waals surface area contributed by atoms with E-state index in [4.69, 9.17) is 4.74 Å². The van der Waals surface area contributed by atoms with Crippen LogP contribution in [0.3, 0.4) is 0 Å². The predicted molar refractivity (Wildman–Crippen MR) is 154 cm³/mol. The minimum absolute atomic E-state index is 0.108. The molecule has 2 aliphatic rings. The van der Waals surface area contributed by atoms with Crippen molar-refractivity contribution in [2.75, 3.05) is 18.4 Å². The van der Waals surface area contributed by atoms with E-state index in [-0.39, 0.29) is 12.0 Å². The lowest BCUT2D eigenvalue weighted by atomic mass is 9.70. The van der Waals surface area contributed by atoms with Gasteiger partial charge in [-0.3, -0.25) is 14.6 Å². The molecule has 2 aliphatic heterocycles. The number of anilines is 1. The lowest BCUT2D eigenvalue weighted by molar-refractivity contribution is -0.114. The maximum absolute atomic E-state index is 13.5. The summed E-state index contributed by atoms with van der Waals surface area (Å²) in [6.45, 7) is 11.1. The van der Waals surface area contributed by atoms with Crippen LogP contribution < -0.4 is 5.32 Å². The summed E-state index contributed by atoms with van der Waals surface area (Å²) in [6, 6.07) is 26.9. The zero-order chi connectivity index (χ0) is 27.6. The van der Waals surface area contributed by atoms with E-state index in [9.17, 15) is 9.59 Å². The summed E-state index contributed by atoms with van der Waals surface area (Å²) in [4.78, 5) is 29.3. The third-order valence-corrected chi connectivity index (χ3v) is 8.60. The van der Waals surface area contributed by atoms with Crippen LogP contribution in [-0.2, 0) is 28.2 Å². The van der Waals surface area contributed by atoms with Crippen molar-refractivity contribution in [2.24, 2.45) is 0 Å². The highest BCUT2D eigenvalue weighted by Crippen LogP contribution is 2.52. The molecule has 2 saturated heterocycles. The summed E-state index contributed by atoms with van der Waals surface area (Å²) in [7, 11) is 0. The van der Waals surface area contributed by atoms with Crippen LogP contribution in [0.2, 0.25) is 0 Å². The molecular weight excluding hydrogens is 486 g/mol. The molecule has 0 bridgehead atoms. The van der Waals surface area contributed by atoms with E-state index in [2.05, 4.69) is 67.4 Å². The van der Waals surface area contributed by atoms with Crippen LogP contribution in [0.25, 0.3) is 0 Å². The molecule has 5 rings (SSSR count). The molecule has 2 fully saturated rings. The van der Waals surface area contributed by atoms with Crippen molar-refractivity contribution >= 4 is 17.7 Å². The third-order valence-electron chi connectivity index (χ3n) is 8.60. The smallest absolute Gasteiger partial charge is 0.411 e. The van der Waals surface area contributed by atoms with Crippen molar-refractivity contribution in [3.05, 3.63) is 101 Å². The van der Waals surface area contributed by atoms with Crippen molar-refractivity contribution in [3.8, 4) is 0 Å². The van der Waals surface area contributed by atoms with Crippen LogP contribution in [0.4, 0.5) is 10.5 Å². The van der Waals surface area contributed by atoms with Gasteiger partial charge in [0.05, 0.1) is 6.54 Å². The van der Waals surface area contributed by atoms with Crippen LogP contribution >= 0.6 is 0 Å². The van der Waals surface area contributed by atoms with Crippen molar-refractivity contribution < 1.29 is 14.3 Å². The molecule has 2 amide bonds. The normalized spacial score (nSPS) is 20.8. The minimum atomic E-state index is -0.618. The highest BCUT2D eigenvalue weighted by Gasteiger charge is 2.63. The Bertz CT molecular complexity index is 1300. The van der Waals surface area contributed by atoms with Gasteiger partial charge in [-0.25, -0.2) is 4.79 Å². The number of hydrogen-bond donors (Lipinski definition) is 1. The molecule has 1 unspecified atom stereocenters. The first-order valence-corrected chi connectivity index (χ1v) is 13.9. The predicted octanol–water partition coefficient (Wildman–Crippen LogP) is 6.67. The summed E-state index contributed by atoms with van der Waals surface area (Å²) < 4.78 is 6.36. The number of carbonyl (C=O) groups excluding carboxylic acids is 2. The van der Waals surface area contributed by atoms with Crippen LogP contribution in [0.15, 0.2) is 78.9 Å². The Balaban J connectivity index is 1.37. The Hall–Kier alpha value is -3.64. The number of rotatable bonds is 7. The molecule has 6 heteroatoms. The van der Waals surface area contributed by atoms with E-state index in [0.29, 0.717) is 12.5 Å². The van der Waals surface area contributed by atoms with Crippen molar-refractivity contribution in [3.63, 3.8) is 0 Å². The molecule has 1 atom stereocenters. The lowest BCUT2D eigenvalue weighted by Gasteiger charge is -2.48. The number of benzene rings is 3. The van der Waals surface area contributed by atoms with E-state index in [1.807, 2.05) is 47.4 Å². The van der Waals surface area contributed by atoms with Crippen molar-refractivity contribution in [1.82, 2.24) is 9.80 Å². The fourth-order valence-corrected chi connectivity index (χ4v) is 6.16. The molecule has 6 nitrogen and oxygen atoms in total. The molecule has 39 heavy (non-hydrogen) atoms. The molecule has 1 N–H and O–H groups in total. The number of nitrogens with one attached hydrogen (secondary N) is 1. The Morgan fingerprint density at radius 3 is 2.08 bits per heavy atom. The molecular formula is C33H39N3O3. The van der Waals surface area contributed by atoms with E-state index in [1.165, 1.54) is 18.1 Å². The molecule has 0 saturated carbocycles. The molecule has 3 aromatic rings. The number of amides is 2. The highest BCUT2D eigenvalue weighted by molar-refractivity contribution is 5.88. The van der Waals surface area contributed by atoms with Gasteiger partial charge in [-0.15, -0.1) is 0 Å². The second-order valence-corrected chi connectivity index (χ2v) is 11.4. The highest BCUT2D eigenvalue weighted by atomic mass is 16.6. The average molecular weight is 526 g/mol. The fourth-order valence-electron chi connectivity index (χ4n) is 6.16. The number of carbonyl (C=O) groups is 2. The largest absolute Gasteiger partial charge is 0.440 e. The van der Waals surface area contributed by atoms with Gasteiger partial charge >= 0.3 is 6.09 Å². The minimum Gasteiger partial charge on any atom is -0.440 e. The standard InChI is InChI=1S/C33H39N3O3/c1-24(2)28-14-10-26(11-15-28)22-35-20-18-33(19-21-35)32(4,29-8-6-5-7-9-29)36(31(38)39-33)23-27-12-16-30(17-13-27)34-25(3)37/h5-17,24H,18-23H2,1-4H3,(H,34,37). The number of piperidine rings is 1. The van der Waals surface area contributed by atoms with E-state index in [0.717, 1.165) is 49.3 Å². The summed E-state index contributed by atoms with van der Waals surface area (Å²) in [5.41, 5.74) is 4.26. The monoisotopic (exact) mass is 525 g/mol. The topological polar surface area (TPSA) is 61.9 Å². The lowest BCUT2D eigenvalue weighted by Crippen LogP contribution is -2.58. The number of nitrogens with zero attached hydrogens (tertiary/aromatic N) is 2. The second-order valence-electron chi connectivity index (χ2n) is 11.4. The molecule has 0 aliphatic carbocycles. The first-order chi connectivity index (χ1) is 18.7. The maximum Gasteiger partial charge on any atom is 0.411 e. The van der Waals surface area contributed by atoms with Gasteiger partial charge in [0, 0.05) is 45.1 Å². The summed E-state index contributed by atoms with van der Waals surface area (Å²) in [6.07, 6.45) is 1.27. The van der Waals surface area contributed by atoms with Gasteiger partial charge in [-0.1, -0.05) is 80.6 Å². The van der Waals surface area contributed by atoms with Gasteiger partial charge < -0.3 is 10.1 Å². The molecule has 3 aromatic carbocycles. The van der Waals surface area contributed by atoms with Gasteiger partial charge in [0.2, 0.25) is 5.91 Å². The first kappa shape index (κ1) is 26.9. The van der Waals surface area contributed by atoms with Crippen molar-refractivity contribution in [2.45, 2.75) is 70.7 Å². The van der Waals surface area contributed by atoms with Crippen molar-refractivity contribution in [1.29, 1.82) is 0 Å². The average Bonchev–Trinajstić information content (AvgIpc) is 3.13. The third kappa shape index (κ3) is 5.30. The van der Waals surface area contributed by atoms with Crippen LogP contribution in [0.5, 0.6) is 0 Å². The molecule has 1 spiro atoms. The summed E-state index contributed by atoms with van der Waals surface area (Å²) in [5, 5.41) is 2.80. The summed E-state index contributed by atoms with van der Waals surface area (Å²) >= 11 is 0. The SMILES string of the molecule is CC(=O)Nc1ccc(CN2C(=O)OC3(CCN(Cc4ccc(C(C)C)cc4)CC3)C2(C)c2ccccc2)cc1. The quantitative estimate of drug-likeness (QED) is 0.374. The zero-order valence-electron chi connectivity index (χ0n) is 23.4. The molecule has 0 radical (unpaired) electrons. The van der Waals surface area contributed by atoms with Gasteiger partial charge in [-0.05, 0) is 47.2 Å². The zero-order valence-corrected chi connectivity index (χ0v) is 23.4. The Morgan fingerprint density at radius 1 is 0.897 bits per heavy atom. The molecule has 204 valence electrons. The number of ether oxygens (including phenoxy) is 1.